The van der Waals surface area contributed by atoms with E-state index >= 15 is 0 Å². The molecule has 3 fully saturated rings. The number of ether oxygens (including phenoxy) is 6. The first-order valence-corrected chi connectivity index (χ1v) is 8.25. The van der Waals surface area contributed by atoms with Gasteiger partial charge in [0.05, 0.1) is 13.7 Å². The number of esters is 1. The molecule has 0 saturated carbocycles. The van der Waals surface area contributed by atoms with Crippen molar-refractivity contribution in [3.63, 3.8) is 0 Å². The second kappa shape index (κ2) is 5.70. The third-order valence-corrected chi connectivity index (χ3v) is 4.67. The molecule has 8 heteroatoms. The monoisotopic (exact) mass is 392 g/mol. The van der Waals surface area contributed by atoms with Gasteiger partial charge in [0, 0.05) is 0 Å². The molecule has 0 unspecified atom stereocenters. The molecule has 0 amide bonds. The van der Waals surface area contributed by atoms with Crippen LogP contribution in [0.15, 0.2) is 10.2 Å². The van der Waals surface area contributed by atoms with Gasteiger partial charge >= 0.3 is 5.97 Å². The van der Waals surface area contributed by atoms with Crippen molar-refractivity contribution in [3.8, 4) is 0 Å². The van der Waals surface area contributed by atoms with E-state index in [4.69, 9.17) is 28.4 Å². The quantitative estimate of drug-likeness (QED) is 0.524. The highest BCUT2D eigenvalue weighted by Gasteiger charge is 2.58. The van der Waals surface area contributed by atoms with Gasteiger partial charge in [-0.15, -0.1) is 0 Å². The number of carbonyl (C=O) groups excluding carboxylic acids is 1. The maximum absolute atomic E-state index is 11.8. The van der Waals surface area contributed by atoms with E-state index in [-0.39, 0.29) is 16.7 Å². The van der Waals surface area contributed by atoms with Crippen LogP contribution >= 0.6 is 15.9 Å². The molecule has 0 bridgehead atoms. The smallest absolute Gasteiger partial charge is 0.348 e. The fourth-order valence-electron chi connectivity index (χ4n) is 3.04. The van der Waals surface area contributed by atoms with Crippen molar-refractivity contribution in [2.24, 2.45) is 0 Å². The van der Waals surface area contributed by atoms with Crippen LogP contribution in [-0.4, -0.2) is 55.7 Å². The van der Waals surface area contributed by atoms with E-state index in [1.807, 2.05) is 27.7 Å². The largest absolute Gasteiger partial charge is 0.485 e. The number of fused-ring (bicyclic) bond motifs is 1. The Kier molecular flexibility index (Phi) is 4.25. The van der Waals surface area contributed by atoms with Crippen LogP contribution in [0.5, 0.6) is 0 Å². The Labute approximate surface area is 143 Å². The van der Waals surface area contributed by atoms with E-state index in [0.717, 1.165) is 0 Å². The molecule has 3 rings (SSSR count). The molecule has 3 heterocycles. The highest BCUT2D eigenvalue weighted by molar-refractivity contribution is 9.12. The molecule has 7 nitrogen and oxygen atoms in total. The Morgan fingerprint density at radius 1 is 1.13 bits per heavy atom. The van der Waals surface area contributed by atoms with E-state index in [2.05, 4.69) is 15.9 Å². The van der Waals surface area contributed by atoms with Crippen LogP contribution in [0.1, 0.15) is 27.7 Å². The van der Waals surface area contributed by atoms with Crippen LogP contribution in [0.4, 0.5) is 0 Å². The molecular weight excluding hydrogens is 372 g/mol. The van der Waals surface area contributed by atoms with Gasteiger partial charge in [-0.2, -0.15) is 0 Å². The van der Waals surface area contributed by atoms with Gasteiger partial charge in [0.15, 0.2) is 17.7 Å². The molecule has 3 saturated heterocycles. The lowest BCUT2D eigenvalue weighted by molar-refractivity contribution is -0.187. The van der Waals surface area contributed by atoms with Crippen molar-refractivity contribution < 1.29 is 33.2 Å². The summed E-state index contributed by atoms with van der Waals surface area (Å²) in [4.78, 5) is 11.8. The highest BCUT2D eigenvalue weighted by atomic mass is 79.9. The molecule has 0 radical (unpaired) electrons. The lowest BCUT2D eigenvalue weighted by atomic mass is 10.1. The maximum atomic E-state index is 11.8. The highest BCUT2D eigenvalue weighted by Crippen LogP contribution is 2.45. The van der Waals surface area contributed by atoms with Crippen molar-refractivity contribution >= 4 is 21.9 Å². The van der Waals surface area contributed by atoms with Gasteiger partial charge in [0.1, 0.15) is 28.6 Å². The molecule has 0 N–H and O–H groups in total. The molecule has 3 aliphatic heterocycles. The summed E-state index contributed by atoms with van der Waals surface area (Å²) in [5.74, 6) is -1.62. The molecule has 23 heavy (non-hydrogen) atoms. The van der Waals surface area contributed by atoms with Crippen molar-refractivity contribution in [1.82, 2.24) is 0 Å². The number of carbonyl (C=O) groups is 1. The predicted molar refractivity (Wildman–Crippen MR) is 81.6 cm³/mol. The number of methoxy groups -OCH3 is 1. The molecule has 0 aromatic heterocycles. The number of halogens is 1. The first-order valence-electron chi connectivity index (χ1n) is 7.45. The van der Waals surface area contributed by atoms with Gasteiger partial charge in [0.25, 0.3) is 0 Å². The number of hydrogen-bond acceptors (Lipinski definition) is 7. The average Bonchev–Trinajstić information content (AvgIpc) is 3.07. The van der Waals surface area contributed by atoms with Gasteiger partial charge in [-0.1, -0.05) is 0 Å². The summed E-state index contributed by atoms with van der Waals surface area (Å²) < 4.78 is 34.3. The van der Waals surface area contributed by atoms with Gasteiger partial charge in [-0.25, -0.2) is 4.79 Å². The first kappa shape index (κ1) is 17.2. The van der Waals surface area contributed by atoms with E-state index in [9.17, 15) is 4.79 Å². The SMILES string of the molecule is COC(=O)/C(Br)=C1\O[C@@H]([C@H]2COC(C)(C)O2)[C@H]2OC(C)(C)O[C@@H]12. The van der Waals surface area contributed by atoms with E-state index in [1.165, 1.54) is 7.11 Å². The number of rotatable bonds is 2. The summed E-state index contributed by atoms with van der Waals surface area (Å²) in [6, 6.07) is 0. The van der Waals surface area contributed by atoms with Crippen LogP contribution in [0, 0.1) is 0 Å². The van der Waals surface area contributed by atoms with Gasteiger partial charge < -0.3 is 28.4 Å². The maximum Gasteiger partial charge on any atom is 0.348 e. The molecule has 0 aromatic carbocycles. The molecule has 0 aromatic rings. The second-order valence-electron chi connectivity index (χ2n) is 6.64. The average molecular weight is 393 g/mol. The van der Waals surface area contributed by atoms with Crippen molar-refractivity contribution in [2.45, 2.75) is 63.7 Å². The topological polar surface area (TPSA) is 72.5 Å². The third kappa shape index (κ3) is 3.15. The van der Waals surface area contributed by atoms with E-state index in [1.54, 1.807) is 0 Å². The summed E-state index contributed by atoms with van der Waals surface area (Å²) in [5, 5.41) is 0. The normalized spacial score (nSPS) is 39.7. The zero-order valence-corrected chi connectivity index (χ0v) is 15.3. The van der Waals surface area contributed by atoms with E-state index in [0.29, 0.717) is 12.4 Å². The van der Waals surface area contributed by atoms with Crippen LogP contribution in [0.3, 0.4) is 0 Å². The summed E-state index contributed by atoms with van der Waals surface area (Å²) in [5.41, 5.74) is 0. The molecule has 3 aliphatic rings. The fourth-order valence-corrected chi connectivity index (χ4v) is 3.53. The first-order chi connectivity index (χ1) is 10.6. The minimum atomic E-state index is -0.777. The zero-order valence-electron chi connectivity index (χ0n) is 13.8. The zero-order chi connectivity index (χ0) is 17.0. The lowest BCUT2D eigenvalue weighted by Crippen LogP contribution is -2.40. The Hall–Kier alpha value is -0.670. The Morgan fingerprint density at radius 3 is 2.39 bits per heavy atom. The Balaban J connectivity index is 1.90. The predicted octanol–water partition coefficient (Wildman–Crippen LogP) is 1.84. The summed E-state index contributed by atoms with van der Waals surface area (Å²) in [7, 11) is 1.31. The van der Waals surface area contributed by atoms with Gasteiger partial charge in [-0.3, -0.25) is 0 Å². The molecule has 0 aliphatic carbocycles. The fraction of sp³-hybridized carbons (Fsp3) is 0.800. The summed E-state index contributed by atoms with van der Waals surface area (Å²) in [6.07, 6.45) is -1.64. The Bertz CT molecular complexity index is 542. The van der Waals surface area contributed by atoms with Crippen LogP contribution in [0.25, 0.3) is 0 Å². The molecule has 0 spiro atoms. The lowest BCUT2D eigenvalue weighted by Gasteiger charge is -2.26. The minimum Gasteiger partial charge on any atom is -0.485 e. The van der Waals surface area contributed by atoms with Crippen LogP contribution < -0.4 is 0 Å². The second-order valence-corrected chi connectivity index (χ2v) is 7.43. The van der Waals surface area contributed by atoms with Crippen molar-refractivity contribution in [3.05, 3.63) is 10.2 Å². The van der Waals surface area contributed by atoms with Gasteiger partial charge in [0.2, 0.25) is 0 Å². The minimum absolute atomic E-state index is 0.192. The van der Waals surface area contributed by atoms with Crippen LogP contribution in [0.2, 0.25) is 0 Å². The van der Waals surface area contributed by atoms with Gasteiger partial charge in [-0.05, 0) is 43.6 Å². The Morgan fingerprint density at radius 2 is 1.83 bits per heavy atom. The third-order valence-electron chi connectivity index (χ3n) is 3.95. The summed E-state index contributed by atoms with van der Waals surface area (Å²) >= 11 is 3.24. The molecule has 130 valence electrons. The van der Waals surface area contributed by atoms with Crippen LogP contribution in [-0.2, 0) is 33.2 Å². The van der Waals surface area contributed by atoms with Crippen molar-refractivity contribution in [2.75, 3.05) is 13.7 Å². The standard InChI is InChI=1S/C15H21BrO7/c1-14(2)19-6-7(21-14)9-11-12(23-15(3,4)22-11)10(20-9)8(16)13(17)18-5/h7,9,11-12H,6H2,1-5H3/b10-8+/t7-,9+,11-,12+/m1/s1. The number of hydrogen-bond donors (Lipinski definition) is 0. The molecule has 4 atom stereocenters. The summed E-state index contributed by atoms with van der Waals surface area (Å²) in [6.45, 7) is 7.71. The van der Waals surface area contributed by atoms with Crippen molar-refractivity contribution in [1.29, 1.82) is 0 Å². The van der Waals surface area contributed by atoms with E-state index < -0.39 is 29.8 Å². The molecular formula is C15H21BrO7.